The molecule has 3 N–H and O–H groups in total. The molecule has 1 unspecified atom stereocenters. The third-order valence-electron chi connectivity index (χ3n) is 8.39. The van der Waals surface area contributed by atoms with Gasteiger partial charge in [-0.3, -0.25) is 13.8 Å². The number of hydrogen-bond acceptors (Lipinski definition) is 7. The highest BCUT2D eigenvalue weighted by Gasteiger charge is 2.24. The number of phosphoric ester groups is 1. The molecule has 54 heavy (non-hydrogen) atoms. The largest absolute Gasteiger partial charge is 0.492 e. The van der Waals surface area contributed by atoms with E-state index in [4.69, 9.17) is 24.3 Å². The van der Waals surface area contributed by atoms with E-state index >= 15 is 0 Å². The standard InChI is InChI=1S/C45H78NO7P/c1-3-5-7-9-11-13-15-17-19-21-22-23-24-26-28-30-32-34-36-38-45(47)51-42-44(43-53-54(48,49)52-41-39-46)50-40-37-35-33-31-29-27-25-20-18-16-14-12-10-8-6-4-2/h5,7,11,13,17-20,22-23,26,28,37,40,44H,3-4,6,8-10,12,14-16,21,24-25,27,29-36,38-39,41-43,46H2,1-2H3,(H,48,49)/b7-5+,13-11+,19-17+,20-18+,23-22+,28-26+,40-37+/t44-/m1/s1. The molecule has 0 heterocycles. The van der Waals surface area contributed by atoms with Gasteiger partial charge in [0.1, 0.15) is 6.61 Å². The van der Waals surface area contributed by atoms with Gasteiger partial charge >= 0.3 is 13.8 Å². The van der Waals surface area contributed by atoms with Crippen molar-refractivity contribution in [2.24, 2.45) is 5.73 Å². The van der Waals surface area contributed by atoms with Crippen LogP contribution in [-0.2, 0) is 27.9 Å². The zero-order valence-corrected chi connectivity index (χ0v) is 35.1. The minimum atomic E-state index is -4.28. The predicted molar refractivity (Wildman–Crippen MR) is 228 cm³/mol. The third-order valence-corrected chi connectivity index (χ3v) is 9.37. The van der Waals surface area contributed by atoms with Crippen molar-refractivity contribution in [2.75, 3.05) is 26.4 Å². The fourth-order valence-electron chi connectivity index (χ4n) is 5.24. The van der Waals surface area contributed by atoms with Crippen molar-refractivity contribution in [3.8, 4) is 0 Å². The van der Waals surface area contributed by atoms with Gasteiger partial charge in [-0.2, -0.15) is 0 Å². The molecule has 0 aromatic heterocycles. The summed E-state index contributed by atoms with van der Waals surface area (Å²) in [7, 11) is -4.28. The third kappa shape index (κ3) is 40.7. The second-order valence-electron chi connectivity index (χ2n) is 13.5. The highest BCUT2D eigenvalue weighted by atomic mass is 31.2. The number of carbonyl (C=O) groups excluding carboxylic acids is 1. The molecule has 2 atom stereocenters. The summed E-state index contributed by atoms with van der Waals surface area (Å²) in [6.45, 7) is 4.03. The van der Waals surface area contributed by atoms with E-state index in [9.17, 15) is 14.3 Å². The predicted octanol–water partition coefficient (Wildman–Crippen LogP) is 12.9. The fraction of sp³-hybridized carbons (Fsp3) is 0.667. The number of nitrogens with two attached hydrogens (primary N) is 1. The number of ether oxygens (including phenoxy) is 2. The molecule has 0 rings (SSSR count). The van der Waals surface area contributed by atoms with Gasteiger partial charge in [0, 0.05) is 13.0 Å². The minimum absolute atomic E-state index is 0.0897. The average molecular weight is 776 g/mol. The smallest absolute Gasteiger partial charge is 0.472 e. The van der Waals surface area contributed by atoms with Gasteiger partial charge in [-0.15, -0.1) is 0 Å². The summed E-state index contributed by atoms with van der Waals surface area (Å²) in [5.74, 6) is -0.328. The van der Waals surface area contributed by atoms with E-state index in [2.05, 4.69) is 86.8 Å². The first-order chi connectivity index (χ1) is 26.4. The molecule has 0 amide bonds. The molecular formula is C45H78NO7P. The van der Waals surface area contributed by atoms with Crippen molar-refractivity contribution >= 4 is 13.8 Å². The van der Waals surface area contributed by atoms with Crippen LogP contribution in [0.5, 0.6) is 0 Å². The van der Waals surface area contributed by atoms with Crippen LogP contribution >= 0.6 is 7.82 Å². The van der Waals surface area contributed by atoms with Crippen molar-refractivity contribution in [3.63, 3.8) is 0 Å². The minimum Gasteiger partial charge on any atom is -0.492 e. The first-order valence-corrected chi connectivity index (χ1v) is 22.6. The van der Waals surface area contributed by atoms with Crippen LogP contribution in [0.15, 0.2) is 85.3 Å². The molecular weight excluding hydrogens is 697 g/mol. The van der Waals surface area contributed by atoms with Crippen molar-refractivity contribution in [1.82, 2.24) is 0 Å². The fourth-order valence-corrected chi connectivity index (χ4v) is 6.00. The van der Waals surface area contributed by atoms with Gasteiger partial charge in [0.05, 0.1) is 19.5 Å². The SMILES string of the molecule is CC/C=C/C/C=C/C/C=C/C/C=C/C/C=C/CCCCCC(=O)OC[C@H](COP(=O)(O)OCCN)O/C=C/CCCCCC/C=C/CCCCCCCC. The topological polar surface area (TPSA) is 117 Å². The maximum atomic E-state index is 12.4. The van der Waals surface area contributed by atoms with Gasteiger partial charge in [0.25, 0.3) is 0 Å². The molecule has 0 aliphatic heterocycles. The Morgan fingerprint density at radius 3 is 1.59 bits per heavy atom. The molecule has 0 aliphatic rings. The molecule has 8 nitrogen and oxygen atoms in total. The summed E-state index contributed by atoms with van der Waals surface area (Å²) in [5.41, 5.74) is 5.36. The Balaban J connectivity index is 4.20. The van der Waals surface area contributed by atoms with Gasteiger partial charge in [0.2, 0.25) is 0 Å². The molecule has 0 radical (unpaired) electrons. The highest BCUT2D eigenvalue weighted by Crippen LogP contribution is 2.43. The zero-order chi connectivity index (χ0) is 39.5. The Hall–Kier alpha value is -2.48. The van der Waals surface area contributed by atoms with Crippen LogP contribution in [0.4, 0.5) is 0 Å². The summed E-state index contributed by atoms with van der Waals surface area (Å²) in [5, 5.41) is 0. The Labute approximate surface area is 330 Å². The molecule has 0 saturated carbocycles. The molecule has 0 aromatic rings. The molecule has 9 heteroatoms. The van der Waals surface area contributed by atoms with Crippen molar-refractivity contribution in [1.29, 1.82) is 0 Å². The molecule has 310 valence electrons. The van der Waals surface area contributed by atoms with Crippen molar-refractivity contribution in [2.45, 2.75) is 168 Å². The Morgan fingerprint density at radius 2 is 1.06 bits per heavy atom. The molecule has 0 saturated heterocycles. The van der Waals surface area contributed by atoms with E-state index in [-0.39, 0.29) is 32.3 Å². The maximum absolute atomic E-state index is 12.4. The number of phosphoric acid groups is 1. The lowest BCUT2D eigenvalue weighted by Gasteiger charge is -2.19. The number of carbonyl (C=O) groups is 1. The monoisotopic (exact) mass is 776 g/mol. The number of allylic oxidation sites excluding steroid dienone is 13. The Bertz CT molecular complexity index is 1100. The molecule has 0 bridgehead atoms. The number of esters is 1. The van der Waals surface area contributed by atoms with Crippen LogP contribution in [0.3, 0.4) is 0 Å². The number of unbranched alkanes of at least 4 members (excludes halogenated alkanes) is 14. The van der Waals surface area contributed by atoms with E-state index in [1.807, 2.05) is 6.08 Å². The van der Waals surface area contributed by atoms with E-state index < -0.39 is 13.9 Å². The lowest BCUT2D eigenvalue weighted by atomic mass is 10.1. The summed E-state index contributed by atoms with van der Waals surface area (Å²) >= 11 is 0. The van der Waals surface area contributed by atoms with E-state index in [1.165, 1.54) is 57.8 Å². The number of hydrogen-bond donors (Lipinski definition) is 2. The molecule has 0 aliphatic carbocycles. The second kappa shape index (κ2) is 41.7. The quantitative estimate of drug-likeness (QED) is 0.0208. The Morgan fingerprint density at radius 1 is 0.593 bits per heavy atom. The average Bonchev–Trinajstić information content (AvgIpc) is 3.16. The maximum Gasteiger partial charge on any atom is 0.472 e. The summed E-state index contributed by atoms with van der Waals surface area (Å²) < 4.78 is 33.1. The van der Waals surface area contributed by atoms with Gasteiger partial charge in [-0.25, -0.2) is 4.57 Å². The first-order valence-electron chi connectivity index (χ1n) is 21.1. The van der Waals surface area contributed by atoms with Gasteiger partial charge in [-0.1, -0.05) is 138 Å². The lowest BCUT2D eigenvalue weighted by Crippen LogP contribution is -2.25. The summed E-state index contributed by atoms with van der Waals surface area (Å²) in [6.07, 6.45) is 54.1. The second-order valence-corrected chi connectivity index (χ2v) is 15.0. The first kappa shape index (κ1) is 51.5. The van der Waals surface area contributed by atoms with Crippen molar-refractivity contribution in [3.05, 3.63) is 85.3 Å². The van der Waals surface area contributed by atoms with Crippen LogP contribution in [0.1, 0.15) is 162 Å². The normalized spacial score (nSPS) is 14.3. The highest BCUT2D eigenvalue weighted by molar-refractivity contribution is 7.47. The lowest BCUT2D eigenvalue weighted by molar-refractivity contribution is -0.147. The van der Waals surface area contributed by atoms with E-state index in [0.29, 0.717) is 6.42 Å². The van der Waals surface area contributed by atoms with Gasteiger partial charge < -0.3 is 20.1 Å². The van der Waals surface area contributed by atoms with Crippen LogP contribution < -0.4 is 5.73 Å². The van der Waals surface area contributed by atoms with Crippen LogP contribution in [0.25, 0.3) is 0 Å². The van der Waals surface area contributed by atoms with Gasteiger partial charge in [0.15, 0.2) is 6.10 Å². The number of rotatable bonds is 39. The molecule has 0 aromatic carbocycles. The van der Waals surface area contributed by atoms with E-state index in [0.717, 1.165) is 83.5 Å². The van der Waals surface area contributed by atoms with Gasteiger partial charge in [-0.05, 0) is 96.0 Å². The Kier molecular flexibility index (Phi) is 39.8. The van der Waals surface area contributed by atoms with Crippen LogP contribution in [0.2, 0.25) is 0 Å². The zero-order valence-electron chi connectivity index (χ0n) is 34.2. The van der Waals surface area contributed by atoms with E-state index in [1.54, 1.807) is 6.26 Å². The summed E-state index contributed by atoms with van der Waals surface area (Å²) in [4.78, 5) is 22.3. The summed E-state index contributed by atoms with van der Waals surface area (Å²) in [6, 6.07) is 0. The molecule has 0 fully saturated rings. The van der Waals surface area contributed by atoms with Crippen LogP contribution in [0, 0.1) is 0 Å². The molecule has 0 spiro atoms. The van der Waals surface area contributed by atoms with Crippen LogP contribution in [-0.4, -0.2) is 43.3 Å². The van der Waals surface area contributed by atoms with Crippen molar-refractivity contribution < 1.29 is 32.8 Å².